The van der Waals surface area contributed by atoms with Gasteiger partial charge in [-0.3, -0.25) is 4.79 Å². The Labute approximate surface area is 111 Å². The van der Waals surface area contributed by atoms with Crippen molar-refractivity contribution in [1.82, 2.24) is 10.2 Å². The van der Waals surface area contributed by atoms with Crippen molar-refractivity contribution in [3.63, 3.8) is 0 Å². The van der Waals surface area contributed by atoms with Crippen molar-refractivity contribution in [1.29, 1.82) is 0 Å². The summed E-state index contributed by atoms with van der Waals surface area (Å²) in [5.74, 6) is 0.162. The highest BCUT2D eigenvalue weighted by molar-refractivity contribution is 5.73. The predicted molar refractivity (Wildman–Crippen MR) is 73.8 cm³/mol. The van der Waals surface area contributed by atoms with Crippen LogP contribution in [0.4, 0.5) is 0 Å². The van der Waals surface area contributed by atoms with Crippen LogP contribution in [0.5, 0.6) is 0 Å². The van der Waals surface area contributed by atoms with Gasteiger partial charge in [0, 0.05) is 13.1 Å². The molecule has 1 fully saturated rings. The number of carboxylic acid groups (broad SMARTS) is 1. The van der Waals surface area contributed by atoms with Gasteiger partial charge in [-0.15, -0.1) is 0 Å². The third-order valence-electron chi connectivity index (χ3n) is 3.43. The van der Waals surface area contributed by atoms with Gasteiger partial charge in [0.15, 0.2) is 0 Å². The largest absolute Gasteiger partial charge is 0.480 e. The number of carbonyl (C=O) groups is 1. The van der Waals surface area contributed by atoms with Crippen LogP contribution in [0.3, 0.4) is 0 Å². The Kier molecular flexibility index (Phi) is 7.28. The zero-order valence-electron chi connectivity index (χ0n) is 11.8. The van der Waals surface area contributed by atoms with Crippen LogP contribution in [0.25, 0.3) is 0 Å². The second-order valence-corrected chi connectivity index (χ2v) is 5.38. The van der Waals surface area contributed by atoms with E-state index in [9.17, 15) is 4.79 Å². The van der Waals surface area contributed by atoms with Gasteiger partial charge in [-0.1, -0.05) is 13.8 Å². The summed E-state index contributed by atoms with van der Waals surface area (Å²) in [6.45, 7) is 8.18. The minimum absolute atomic E-state index is 0.386. The number of aliphatic carboxylic acids is 1. The average Bonchev–Trinajstić information content (AvgIpc) is 3.12. The topological polar surface area (TPSA) is 52.6 Å². The highest BCUT2D eigenvalue weighted by Crippen LogP contribution is 2.29. The van der Waals surface area contributed by atoms with E-state index >= 15 is 0 Å². The summed E-state index contributed by atoms with van der Waals surface area (Å²) in [7, 11) is 0. The standard InChI is InChI=1S/C14H28N2O2/c1-3-8-15-13(14(17)18)7-10-16(9-4-2)11-12-5-6-12/h12-13,15H,3-11H2,1-2H3,(H,17,18). The fourth-order valence-corrected chi connectivity index (χ4v) is 2.22. The first-order chi connectivity index (χ1) is 8.67. The van der Waals surface area contributed by atoms with Gasteiger partial charge in [0.05, 0.1) is 0 Å². The molecular formula is C14H28N2O2. The molecule has 4 heteroatoms. The Balaban J connectivity index is 2.29. The summed E-state index contributed by atoms with van der Waals surface area (Å²) < 4.78 is 0. The van der Waals surface area contributed by atoms with Gasteiger partial charge in [0.1, 0.15) is 6.04 Å². The Hall–Kier alpha value is -0.610. The minimum atomic E-state index is -0.716. The zero-order valence-corrected chi connectivity index (χ0v) is 11.8. The molecule has 0 radical (unpaired) electrons. The number of nitrogens with zero attached hydrogens (tertiary/aromatic N) is 1. The first-order valence-corrected chi connectivity index (χ1v) is 7.35. The Morgan fingerprint density at radius 1 is 1.33 bits per heavy atom. The third-order valence-corrected chi connectivity index (χ3v) is 3.43. The fourth-order valence-electron chi connectivity index (χ4n) is 2.22. The van der Waals surface area contributed by atoms with E-state index in [4.69, 9.17) is 5.11 Å². The van der Waals surface area contributed by atoms with E-state index in [-0.39, 0.29) is 6.04 Å². The van der Waals surface area contributed by atoms with Crippen molar-refractivity contribution >= 4 is 5.97 Å². The van der Waals surface area contributed by atoms with E-state index in [2.05, 4.69) is 24.1 Å². The molecule has 1 rings (SSSR count). The molecule has 106 valence electrons. The van der Waals surface area contributed by atoms with Crippen LogP contribution in [0.1, 0.15) is 46.0 Å². The molecule has 0 spiro atoms. The second-order valence-electron chi connectivity index (χ2n) is 5.38. The molecule has 0 amide bonds. The van der Waals surface area contributed by atoms with Crippen LogP contribution < -0.4 is 5.32 Å². The normalized spacial score (nSPS) is 17.1. The summed E-state index contributed by atoms with van der Waals surface area (Å²) in [5, 5.41) is 12.3. The van der Waals surface area contributed by atoms with Crippen molar-refractivity contribution in [2.45, 2.75) is 52.0 Å². The third kappa shape index (κ3) is 6.36. The second kappa shape index (κ2) is 8.48. The number of hydrogen-bond donors (Lipinski definition) is 2. The highest BCUT2D eigenvalue weighted by Gasteiger charge is 2.25. The molecule has 1 unspecified atom stereocenters. The van der Waals surface area contributed by atoms with E-state index < -0.39 is 5.97 Å². The Morgan fingerprint density at radius 2 is 2.06 bits per heavy atom. The molecule has 4 nitrogen and oxygen atoms in total. The quantitative estimate of drug-likeness (QED) is 0.593. The van der Waals surface area contributed by atoms with Crippen molar-refractivity contribution < 1.29 is 9.90 Å². The molecule has 1 aliphatic carbocycles. The SMILES string of the molecule is CCCNC(CCN(CCC)CC1CC1)C(=O)O. The maximum absolute atomic E-state index is 11.1. The Bertz CT molecular complexity index is 242. The van der Waals surface area contributed by atoms with E-state index in [1.165, 1.54) is 12.8 Å². The van der Waals surface area contributed by atoms with Crippen LogP contribution in [0.15, 0.2) is 0 Å². The van der Waals surface area contributed by atoms with Gasteiger partial charge < -0.3 is 15.3 Å². The molecule has 0 aromatic carbocycles. The summed E-state index contributed by atoms with van der Waals surface area (Å²) >= 11 is 0. The van der Waals surface area contributed by atoms with Crippen molar-refractivity contribution in [3.8, 4) is 0 Å². The zero-order chi connectivity index (χ0) is 13.4. The van der Waals surface area contributed by atoms with E-state index in [0.717, 1.165) is 44.9 Å². The maximum Gasteiger partial charge on any atom is 0.320 e. The molecule has 0 aliphatic heterocycles. The van der Waals surface area contributed by atoms with E-state index in [1.54, 1.807) is 0 Å². The van der Waals surface area contributed by atoms with Crippen molar-refractivity contribution in [2.75, 3.05) is 26.2 Å². The van der Waals surface area contributed by atoms with E-state index in [1.807, 2.05) is 0 Å². The maximum atomic E-state index is 11.1. The molecule has 0 aromatic rings. The summed E-state index contributed by atoms with van der Waals surface area (Å²) in [5.41, 5.74) is 0. The molecule has 1 aliphatic rings. The summed E-state index contributed by atoms with van der Waals surface area (Å²) in [6, 6.07) is -0.386. The van der Waals surface area contributed by atoms with Crippen LogP contribution in [-0.4, -0.2) is 48.2 Å². The fraction of sp³-hybridized carbons (Fsp3) is 0.929. The number of nitrogens with one attached hydrogen (secondary N) is 1. The van der Waals surface area contributed by atoms with Crippen LogP contribution >= 0.6 is 0 Å². The molecule has 0 saturated heterocycles. The highest BCUT2D eigenvalue weighted by atomic mass is 16.4. The predicted octanol–water partition coefficient (Wildman–Crippen LogP) is 1.95. The summed E-state index contributed by atoms with van der Waals surface area (Å²) in [4.78, 5) is 13.6. The number of carboxylic acids is 1. The lowest BCUT2D eigenvalue weighted by Gasteiger charge is -2.23. The Morgan fingerprint density at radius 3 is 2.56 bits per heavy atom. The molecule has 0 heterocycles. The number of rotatable bonds is 11. The molecule has 0 aromatic heterocycles. The summed E-state index contributed by atoms with van der Waals surface area (Å²) in [6.07, 6.45) is 5.55. The lowest BCUT2D eigenvalue weighted by Crippen LogP contribution is -2.40. The van der Waals surface area contributed by atoms with Gasteiger partial charge in [0.25, 0.3) is 0 Å². The van der Waals surface area contributed by atoms with Crippen LogP contribution in [-0.2, 0) is 4.79 Å². The first kappa shape index (κ1) is 15.4. The molecule has 1 saturated carbocycles. The molecular weight excluding hydrogens is 228 g/mol. The minimum Gasteiger partial charge on any atom is -0.480 e. The molecule has 1 atom stereocenters. The first-order valence-electron chi connectivity index (χ1n) is 7.35. The average molecular weight is 256 g/mol. The van der Waals surface area contributed by atoms with Crippen molar-refractivity contribution in [3.05, 3.63) is 0 Å². The monoisotopic (exact) mass is 256 g/mol. The van der Waals surface area contributed by atoms with Gasteiger partial charge in [-0.2, -0.15) is 0 Å². The van der Waals surface area contributed by atoms with Gasteiger partial charge >= 0.3 is 5.97 Å². The molecule has 2 N–H and O–H groups in total. The molecule has 18 heavy (non-hydrogen) atoms. The van der Waals surface area contributed by atoms with E-state index in [0.29, 0.717) is 6.42 Å². The molecule has 0 bridgehead atoms. The number of hydrogen-bond acceptors (Lipinski definition) is 3. The lowest BCUT2D eigenvalue weighted by atomic mass is 10.2. The van der Waals surface area contributed by atoms with Gasteiger partial charge in [-0.25, -0.2) is 0 Å². The van der Waals surface area contributed by atoms with Crippen LogP contribution in [0, 0.1) is 5.92 Å². The van der Waals surface area contributed by atoms with Crippen molar-refractivity contribution in [2.24, 2.45) is 5.92 Å². The van der Waals surface area contributed by atoms with Gasteiger partial charge in [-0.05, 0) is 51.1 Å². The smallest absolute Gasteiger partial charge is 0.320 e. The lowest BCUT2D eigenvalue weighted by molar-refractivity contribution is -0.139. The van der Waals surface area contributed by atoms with Crippen LogP contribution in [0.2, 0.25) is 0 Å². The van der Waals surface area contributed by atoms with Gasteiger partial charge in [0.2, 0.25) is 0 Å².